The van der Waals surface area contributed by atoms with Gasteiger partial charge in [-0.15, -0.1) is 0 Å². The van der Waals surface area contributed by atoms with Gasteiger partial charge in [0.05, 0.1) is 10.6 Å². The van der Waals surface area contributed by atoms with Crippen LogP contribution in [-0.4, -0.2) is 44.3 Å². The number of carbonyl (C=O) groups is 2. The van der Waals surface area contributed by atoms with E-state index in [4.69, 9.17) is 23.2 Å². The molecule has 3 aromatic carbocycles. The van der Waals surface area contributed by atoms with Gasteiger partial charge in [0.1, 0.15) is 12.6 Å². The minimum Gasteiger partial charge on any atom is -0.354 e. The second-order valence-electron chi connectivity index (χ2n) is 10.5. The fourth-order valence-corrected chi connectivity index (χ4v) is 6.21. The van der Waals surface area contributed by atoms with E-state index >= 15 is 0 Å². The Bertz CT molecular complexity index is 1460. The van der Waals surface area contributed by atoms with E-state index in [0.717, 1.165) is 15.4 Å². The molecule has 3 rings (SSSR count). The van der Waals surface area contributed by atoms with Crippen molar-refractivity contribution in [2.75, 3.05) is 17.4 Å². The average Bonchev–Trinajstić information content (AvgIpc) is 2.92. The van der Waals surface area contributed by atoms with Gasteiger partial charge in [-0.25, -0.2) is 8.42 Å². The van der Waals surface area contributed by atoms with Crippen molar-refractivity contribution < 1.29 is 18.0 Å². The molecule has 0 heterocycles. The van der Waals surface area contributed by atoms with Crippen molar-refractivity contribution >= 4 is 50.7 Å². The Morgan fingerprint density at radius 2 is 1.51 bits per heavy atom. The van der Waals surface area contributed by atoms with Crippen LogP contribution >= 0.6 is 23.2 Å². The smallest absolute Gasteiger partial charge is 0.264 e. The van der Waals surface area contributed by atoms with Crippen LogP contribution < -0.4 is 9.62 Å². The average molecular weight is 619 g/mol. The Kier molecular flexibility index (Phi) is 11.2. The van der Waals surface area contributed by atoms with E-state index in [1.807, 2.05) is 27.7 Å². The first-order valence-corrected chi connectivity index (χ1v) is 15.7. The van der Waals surface area contributed by atoms with Gasteiger partial charge >= 0.3 is 0 Å². The van der Waals surface area contributed by atoms with Gasteiger partial charge in [-0.3, -0.25) is 13.9 Å². The summed E-state index contributed by atoms with van der Waals surface area (Å²) in [5, 5.41) is 3.91. The second-order valence-corrected chi connectivity index (χ2v) is 13.2. The van der Waals surface area contributed by atoms with Crippen molar-refractivity contribution in [2.45, 2.75) is 58.5 Å². The Balaban J connectivity index is 2.07. The molecular formula is C31H37Cl2N3O4S. The molecule has 1 atom stereocenters. The summed E-state index contributed by atoms with van der Waals surface area (Å²) < 4.78 is 29.1. The van der Waals surface area contributed by atoms with E-state index in [9.17, 15) is 18.0 Å². The third kappa shape index (κ3) is 8.47. The molecule has 0 aliphatic rings. The first kappa shape index (κ1) is 32.4. The van der Waals surface area contributed by atoms with Gasteiger partial charge in [0.15, 0.2) is 0 Å². The lowest BCUT2D eigenvalue weighted by Crippen LogP contribution is -2.52. The number of amides is 2. The van der Waals surface area contributed by atoms with Crippen molar-refractivity contribution in [3.8, 4) is 0 Å². The van der Waals surface area contributed by atoms with Crippen molar-refractivity contribution in [3.05, 3.63) is 93.5 Å². The number of sulfonamides is 1. The number of benzene rings is 3. The molecule has 0 saturated carbocycles. The van der Waals surface area contributed by atoms with Gasteiger partial charge < -0.3 is 10.2 Å². The highest BCUT2D eigenvalue weighted by molar-refractivity contribution is 7.92. The molecule has 3 aromatic rings. The normalized spacial score (nSPS) is 12.2. The molecule has 2 amide bonds. The van der Waals surface area contributed by atoms with Gasteiger partial charge in [0.25, 0.3) is 10.0 Å². The van der Waals surface area contributed by atoms with Crippen LogP contribution in [0.4, 0.5) is 5.69 Å². The van der Waals surface area contributed by atoms with Crippen molar-refractivity contribution in [3.63, 3.8) is 0 Å². The zero-order valence-corrected chi connectivity index (χ0v) is 26.4. The van der Waals surface area contributed by atoms with Crippen LogP contribution in [0.3, 0.4) is 0 Å². The molecule has 0 saturated heterocycles. The highest BCUT2D eigenvalue weighted by Gasteiger charge is 2.34. The molecule has 220 valence electrons. The van der Waals surface area contributed by atoms with Gasteiger partial charge in [-0.2, -0.15) is 0 Å². The minimum atomic E-state index is -4.16. The third-order valence-corrected chi connectivity index (χ3v) is 8.91. The molecule has 0 aliphatic heterocycles. The maximum absolute atomic E-state index is 14.1. The first-order chi connectivity index (χ1) is 19.3. The topological polar surface area (TPSA) is 86.8 Å². The van der Waals surface area contributed by atoms with Gasteiger partial charge in [0, 0.05) is 23.1 Å². The standard InChI is InChI=1S/C31H37Cl2N3O4S/c1-6-28(31(38)34-18-21(2)3)35(19-24-9-11-25(32)12-10-24)30(37)20-36(29-16-13-26(33)17-23(29)5)41(39,40)27-14-7-22(4)8-15-27/h7-17,21,28H,6,18-20H2,1-5H3,(H,34,38)/t28-/m0/s1. The van der Waals surface area contributed by atoms with Crippen LogP contribution in [0.5, 0.6) is 0 Å². The minimum absolute atomic E-state index is 0.0521. The highest BCUT2D eigenvalue weighted by Crippen LogP contribution is 2.30. The SMILES string of the molecule is CC[C@@H](C(=O)NCC(C)C)N(Cc1ccc(Cl)cc1)C(=O)CN(c1ccc(Cl)cc1C)S(=O)(=O)c1ccc(C)cc1. The summed E-state index contributed by atoms with van der Waals surface area (Å²) in [5.74, 6) is -0.587. The summed E-state index contributed by atoms with van der Waals surface area (Å²) in [6, 6.07) is 17.5. The molecule has 41 heavy (non-hydrogen) atoms. The number of nitrogens with one attached hydrogen (secondary N) is 1. The van der Waals surface area contributed by atoms with Crippen LogP contribution in [0.2, 0.25) is 10.0 Å². The van der Waals surface area contributed by atoms with Gasteiger partial charge in [-0.1, -0.05) is 73.8 Å². The van der Waals surface area contributed by atoms with E-state index in [1.165, 1.54) is 17.0 Å². The molecule has 1 N–H and O–H groups in total. The number of hydrogen-bond donors (Lipinski definition) is 1. The highest BCUT2D eigenvalue weighted by atomic mass is 35.5. The lowest BCUT2D eigenvalue weighted by Gasteiger charge is -2.33. The number of carbonyl (C=O) groups excluding carboxylic acids is 2. The lowest BCUT2D eigenvalue weighted by atomic mass is 10.1. The Morgan fingerprint density at radius 3 is 2.07 bits per heavy atom. The van der Waals surface area contributed by atoms with Crippen LogP contribution in [0, 0.1) is 19.8 Å². The quantitative estimate of drug-likeness (QED) is 0.255. The zero-order chi connectivity index (χ0) is 30.3. The monoisotopic (exact) mass is 617 g/mol. The van der Waals surface area contributed by atoms with Gasteiger partial charge in [0.2, 0.25) is 11.8 Å². The van der Waals surface area contributed by atoms with Crippen molar-refractivity contribution in [2.24, 2.45) is 5.92 Å². The summed E-state index contributed by atoms with van der Waals surface area (Å²) in [6.45, 7) is 9.44. The summed E-state index contributed by atoms with van der Waals surface area (Å²) in [5.41, 5.74) is 2.58. The number of anilines is 1. The van der Waals surface area contributed by atoms with Crippen molar-refractivity contribution in [1.29, 1.82) is 0 Å². The Hall–Kier alpha value is -3.07. The zero-order valence-electron chi connectivity index (χ0n) is 24.0. The fraction of sp³-hybridized carbons (Fsp3) is 0.355. The van der Waals surface area contributed by atoms with E-state index in [-0.39, 0.29) is 23.3 Å². The molecule has 0 unspecified atom stereocenters. The van der Waals surface area contributed by atoms with Crippen LogP contribution in [-0.2, 0) is 26.2 Å². The number of hydrogen-bond acceptors (Lipinski definition) is 4. The Morgan fingerprint density at radius 1 is 0.902 bits per heavy atom. The number of aryl methyl sites for hydroxylation is 2. The lowest BCUT2D eigenvalue weighted by molar-refractivity contribution is -0.140. The molecule has 0 spiro atoms. The van der Waals surface area contributed by atoms with Crippen LogP contribution in [0.15, 0.2) is 71.6 Å². The van der Waals surface area contributed by atoms with E-state index in [0.29, 0.717) is 34.3 Å². The van der Waals surface area contributed by atoms with Crippen LogP contribution in [0.1, 0.15) is 43.9 Å². The second kappa shape index (κ2) is 14.2. The predicted octanol–water partition coefficient (Wildman–Crippen LogP) is 6.39. The largest absolute Gasteiger partial charge is 0.354 e. The van der Waals surface area contributed by atoms with Crippen molar-refractivity contribution in [1.82, 2.24) is 10.2 Å². The van der Waals surface area contributed by atoms with Crippen LogP contribution in [0.25, 0.3) is 0 Å². The number of rotatable bonds is 12. The molecule has 10 heteroatoms. The van der Waals surface area contributed by atoms with E-state index in [1.54, 1.807) is 61.5 Å². The predicted molar refractivity (Wildman–Crippen MR) is 166 cm³/mol. The summed E-state index contributed by atoms with van der Waals surface area (Å²) >= 11 is 12.3. The molecule has 0 aliphatic carbocycles. The Labute approximate surface area is 253 Å². The molecule has 0 radical (unpaired) electrons. The number of halogens is 2. The third-order valence-electron chi connectivity index (χ3n) is 6.65. The molecule has 0 fully saturated rings. The van der Waals surface area contributed by atoms with E-state index < -0.39 is 28.5 Å². The molecule has 0 aromatic heterocycles. The summed E-state index contributed by atoms with van der Waals surface area (Å²) in [6.07, 6.45) is 0.341. The fourth-order valence-electron chi connectivity index (χ4n) is 4.38. The molecule has 0 bridgehead atoms. The van der Waals surface area contributed by atoms with E-state index in [2.05, 4.69) is 5.32 Å². The van der Waals surface area contributed by atoms with Gasteiger partial charge in [-0.05, 0) is 79.8 Å². The molecule has 7 nitrogen and oxygen atoms in total. The molecular weight excluding hydrogens is 581 g/mol. The summed E-state index contributed by atoms with van der Waals surface area (Å²) in [4.78, 5) is 28.9. The maximum atomic E-state index is 14.1. The number of nitrogens with zero attached hydrogens (tertiary/aromatic N) is 2. The first-order valence-electron chi connectivity index (χ1n) is 13.5. The maximum Gasteiger partial charge on any atom is 0.264 e. The summed E-state index contributed by atoms with van der Waals surface area (Å²) in [7, 11) is -4.16.